The third-order valence-corrected chi connectivity index (χ3v) is 8.90. The fourth-order valence-corrected chi connectivity index (χ4v) is 7.04. The zero-order valence-electron chi connectivity index (χ0n) is 19.1. The van der Waals surface area contributed by atoms with Gasteiger partial charge in [-0.25, -0.2) is 9.97 Å². The van der Waals surface area contributed by atoms with Crippen LogP contribution in [0.3, 0.4) is 0 Å². The highest BCUT2D eigenvalue weighted by atomic mass is 32.1. The van der Waals surface area contributed by atoms with E-state index < -0.39 is 0 Å². The average molecular weight is 495 g/mol. The third kappa shape index (κ3) is 2.95. The number of nitrogens with zero attached hydrogens (tertiary/aromatic N) is 2. The van der Waals surface area contributed by atoms with Crippen molar-refractivity contribution >= 4 is 75.4 Å². The average Bonchev–Trinajstić information content (AvgIpc) is 3.60. The Morgan fingerprint density at radius 1 is 0.500 bits per heavy atom. The molecule has 0 radical (unpaired) electrons. The summed E-state index contributed by atoms with van der Waals surface area (Å²) in [6.45, 7) is 0. The highest BCUT2D eigenvalue weighted by molar-refractivity contribution is 7.21. The second kappa shape index (κ2) is 7.69. The van der Waals surface area contributed by atoms with E-state index in [2.05, 4.69) is 108 Å². The predicted molar refractivity (Wildman–Crippen MR) is 156 cm³/mol. The van der Waals surface area contributed by atoms with Gasteiger partial charge >= 0.3 is 0 Å². The molecule has 0 aliphatic heterocycles. The fraction of sp³-hybridized carbons (Fsp3) is 0. The van der Waals surface area contributed by atoms with Crippen LogP contribution in [0, 0.1) is 0 Å². The zero-order valence-corrected chi connectivity index (χ0v) is 20.7. The number of benzene rings is 6. The largest absolute Gasteiger partial charge is 0.244 e. The molecule has 0 atom stereocenters. The van der Waals surface area contributed by atoms with Crippen LogP contribution in [0.15, 0.2) is 109 Å². The molecule has 0 bridgehead atoms. The Bertz CT molecular complexity index is 2120. The Balaban J connectivity index is 1.46. The minimum Gasteiger partial charge on any atom is -0.244 e. The molecule has 2 heterocycles. The Labute approximate surface area is 215 Å². The maximum Gasteiger partial charge on any atom is 0.125 e. The van der Waals surface area contributed by atoms with Crippen molar-refractivity contribution in [3.63, 3.8) is 0 Å². The van der Waals surface area contributed by atoms with Crippen molar-refractivity contribution in [3.05, 3.63) is 109 Å². The van der Waals surface area contributed by atoms with E-state index >= 15 is 0 Å². The molecule has 4 heteroatoms. The van der Waals surface area contributed by atoms with Crippen molar-refractivity contribution in [2.24, 2.45) is 0 Å². The zero-order chi connectivity index (χ0) is 23.6. The maximum atomic E-state index is 5.23. The summed E-state index contributed by atoms with van der Waals surface area (Å²) < 4.78 is 2.43. The number of aromatic nitrogens is 2. The lowest BCUT2D eigenvalue weighted by atomic mass is 9.92. The van der Waals surface area contributed by atoms with Crippen LogP contribution in [0.25, 0.3) is 74.4 Å². The van der Waals surface area contributed by atoms with Crippen molar-refractivity contribution in [3.8, 4) is 21.7 Å². The summed E-state index contributed by atoms with van der Waals surface area (Å²) in [6, 6.07) is 37.2. The van der Waals surface area contributed by atoms with Crippen LogP contribution in [-0.4, -0.2) is 9.97 Å². The summed E-state index contributed by atoms with van der Waals surface area (Å²) in [6.07, 6.45) is 0. The van der Waals surface area contributed by atoms with Gasteiger partial charge in [0.15, 0.2) is 0 Å². The quantitative estimate of drug-likeness (QED) is 0.239. The van der Waals surface area contributed by atoms with Gasteiger partial charge in [0.25, 0.3) is 0 Å². The maximum absolute atomic E-state index is 5.23. The highest BCUT2D eigenvalue weighted by Crippen LogP contribution is 2.43. The fourth-order valence-electron chi connectivity index (χ4n) is 5.34. The topological polar surface area (TPSA) is 25.8 Å². The van der Waals surface area contributed by atoms with Crippen LogP contribution in [-0.2, 0) is 0 Å². The first-order valence-corrected chi connectivity index (χ1v) is 13.6. The first-order valence-electron chi connectivity index (χ1n) is 11.9. The molecule has 0 aliphatic carbocycles. The van der Waals surface area contributed by atoms with Gasteiger partial charge in [0.05, 0.1) is 25.9 Å². The molecule has 0 saturated carbocycles. The van der Waals surface area contributed by atoms with E-state index in [1.807, 2.05) is 5.51 Å². The molecule has 2 nitrogen and oxygen atoms in total. The minimum absolute atomic E-state index is 1.05. The lowest BCUT2D eigenvalue weighted by molar-refractivity contribution is 1.49. The second-order valence-electron chi connectivity index (χ2n) is 9.06. The Hall–Kier alpha value is -4.12. The van der Waals surface area contributed by atoms with Crippen LogP contribution in [0.4, 0.5) is 0 Å². The van der Waals surface area contributed by atoms with Crippen LogP contribution >= 0.6 is 22.7 Å². The van der Waals surface area contributed by atoms with Crippen molar-refractivity contribution in [1.29, 1.82) is 0 Å². The SMILES string of the molecule is c1ccc2cc(-c3cccc4c3ccc3scnc34)c(-c3nc4c(ccc5ccccc54)s3)cc2c1. The van der Waals surface area contributed by atoms with Gasteiger partial charge in [-0.15, -0.1) is 22.7 Å². The lowest BCUT2D eigenvalue weighted by Crippen LogP contribution is -1.88. The molecule has 36 heavy (non-hydrogen) atoms. The summed E-state index contributed by atoms with van der Waals surface area (Å²) >= 11 is 3.46. The molecule has 168 valence electrons. The van der Waals surface area contributed by atoms with Gasteiger partial charge in [0.1, 0.15) is 5.01 Å². The highest BCUT2D eigenvalue weighted by Gasteiger charge is 2.17. The number of rotatable bonds is 2. The van der Waals surface area contributed by atoms with Crippen molar-refractivity contribution in [1.82, 2.24) is 9.97 Å². The molecule has 0 unspecified atom stereocenters. The summed E-state index contributed by atoms with van der Waals surface area (Å²) in [5.41, 5.74) is 7.68. The molecule has 2 aromatic heterocycles. The summed E-state index contributed by atoms with van der Waals surface area (Å²) in [5.74, 6) is 0. The third-order valence-electron chi connectivity index (χ3n) is 7.05. The Kier molecular flexibility index (Phi) is 4.30. The van der Waals surface area contributed by atoms with E-state index in [0.717, 1.165) is 16.0 Å². The van der Waals surface area contributed by atoms with Crippen molar-refractivity contribution in [2.45, 2.75) is 0 Å². The van der Waals surface area contributed by atoms with E-state index in [4.69, 9.17) is 4.98 Å². The van der Waals surface area contributed by atoms with Crippen LogP contribution in [0.2, 0.25) is 0 Å². The Morgan fingerprint density at radius 2 is 1.25 bits per heavy atom. The summed E-state index contributed by atoms with van der Waals surface area (Å²) in [4.78, 5) is 9.91. The molecule has 8 rings (SSSR count). The summed E-state index contributed by atoms with van der Waals surface area (Å²) in [7, 11) is 0. The van der Waals surface area contributed by atoms with E-state index in [9.17, 15) is 0 Å². The van der Waals surface area contributed by atoms with Gasteiger partial charge in [-0.3, -0.25) is 0 Å². The number of hydrogen-bond acceptors (Lipinski definition) is 4. The lowest BCUT2D eigenvalue weighted by Gasteiger charge is -2.13. The van der Waals surface area contributed by atoms with Crippen molar-refractivity contribution < 1.29 is 0 Å². The molecular formula is C32H18N2S2. The minimum atomic E-state index is 1.05. The van der Waals surface area contributed by atoms with Gasteiger partial charge in [0.2, 0.25) is 0 Å². The van der Waals surface area contributed by atoms with Gasteiger partial charge in [-0.05, 0) is 56.9 Å². The smallest absolute Gasteiger partial charge is 0.125 e. The molecule has 0 aliphatic rings. The number of fused-ring (bicyclic) bond motifs is 7. The number of hydrogen-bond donors (Lipinski definition) is 0. The first-order chi connectivity index (χ1) is 17.8. The van der Waals surface area contributed by atoms with Crippen LogP contribution in [0.5, 0.6) is 0 Å². The molecule has 0 spiro atoms. The van der Waals surface area contributed by atoms with Gasteiger partial charge in [-0.1, -0.05) is 78.9 Å². The molecule has 0 amide bonds. The molecule has 0 saturated heterocycles. The molecule has 0 fully saturated rings. The van der Waals surface area contributed by atoms with Gasteiger partial charge in [-0.2, -0.15) is 0 Å². The van der Waals surface area contributed by atoms with Crippen molar-refractivity contribution in [2.75, 3.05) is 0 Å². The normalized spacial score (nSPS) is 11.9. The first kappa shape index (κ1) is 20.1. The molecule has 6 aromatic carbocycles. The van der Waals surface area contributed by atoms with E-state index in [1.165, 1.54) is 58.4 Å². The van der Waals surface area contributed by atoms with E-state index in [1.54, 1.807) is 22.7 Å². The summed E-state index contributed by atoms with van der Waals surface area (Å²) in [5, 5.41) is 8.35. The number of thiazole rings is 2. The van der Waals surface area contributed by atoms with Crippen LogP contribution in [0.1, 0.15) is 0 Å². The van der Waals surface area contributed by atoms with E-state index in [0.29, 0.717) is 0 Å². The predicted octanol–water partition coefficient (Wildman–Crippen LogP) is 9.70. The molecule has 0 N–H and O–H groups in total. The van der Waals surface area contributed by atoms with Gasteiger partial charge in [0, 0.05) is 16.3 Å². The molecular weight excluding hydrogens is 477 g/mol. The standard InChI is InChI=1S/C32H18N2S2/c1-2-8-21-17-27(32-34-31-22-9-4-3-6-19(22)12-14-29(31)36-32)26(16-20(21)7-1)23-10-5-11-25-24(23)13-15-28-30(25)33-18-35-28/h1-18H. The molecule has 8 aromatic rings. The van der Waals surface area contributed by atoms with Crippen LogP contribution < -0.4 is 0 Å². The Morgan fingerprint density at radius 3 is 2.14 bits per heavy atom. The van der Waals surface area contributed by atoms with E-state index in [-0.39, 0.29) is 0 Å². The van der Waals surface area contributed by atoms with Gasteiger partial charge < -0.3 is 0 Å². The second-order valence-corrected chi connectivity index (χ2v) is 11.0. The monoisotopic (exact) mass is 494 g/mol.